The number of methoxy groups -OCH3 is 1. The number of carbonyl (C=O) groups is 2. The summed E-state index contributed by atoms with van der Waals surface area (Å²) in [5.74, 6) is 0.259. The molecular weight excluding hydrogens is 414 g/mol. The lowest BCUT2D eigenvalue weighted by Gasteiger charge is -2.38. The molecule has 7 heteroatoms. The van der Waals surface area contributed by atoms with Gasteiger partial charge >= 0.3 is 0 Å². The summed E-state index contributed by atoms with van der Waals surface area (Å²) in [6, 6.07) is 12.7. The highest BCUT2D eigenvalue weighted by Gasteiger charge is 2.48. The standard InChI is InChI=1S/C24H26ClN3O3/c1-16-6-9-18(25)14-20(16)26-21(29)15-28-23(30)22(17-7-10-19(31-2)11-8-17)27-24(28)12-4-3-5-13-24/h6-11,14H,3-5,12-13,15H2,1-2H3,(H,26,29). The summed E-state index contributed by atoms with van der Waals surface area (Å²) >= 11 is 6.08. The van der Waals surface area contributed by atoms with Crippen LogP contribution in [0.15, 0.2) is 47.5 Å². The molecular formula is C24H26ClN3O3. The number of anilines is 1. The lowest BCUT2D eigenvalue weighted by Crippen LogP contribution is -2.51. The molecule has 0 unspecified atom stereocenters. The molecule has 2 aromatic rings. The number of nitrogens with one attached hydrogen (secondary N) is 1. The highest BCUT2D eigenvalue weighted by atomic mass is 35.5. The van der Waals surface area contributed by atoms with Crippen molar-refractivity contribution in [3.8, 4) is 5.75 Å². The van der Waals surface area contributed by atoms with Gasteiger partial charge in [0, 0.05) is 16.3 Å². The first-order chi connectivity index (χ1) is 14.9. The van der Waals surface area contributed by atoms with Gasteiger partial charge in [0.05, 0.1) is 7.11 Å². The minimum atomic E-state index is -0.648. The number of amides is 2. The Morgan fingerprint density at radius 2 is 1.87 bits per heavy atom. The molecule has 0 radical (unpaired) electrons. The predicted octanol–water partition coefficient (Wildman–Crippen LogP) is 4.59. The van der Waals surface area contributed by atoms with E-state index in [-0.39, 0.29) is 18.4 Å². The minimum absolute atomic E-state index is 0.0477. The van der Waals surface area contributed by atoms with Gasteiger partial charge in [-0.2, -0.15) is 0 Å². The number of benzene rings is 2. The van der Waals surface area contributed by atoms with Crippen molar-refractivity contribution in [1.29, 1.82) is 0 Å². The van der Waals surface area contributed by atoms with E-state index in [1.165, 1.54) is 0 Å². The largest absolute Gasteiger partial charge is 0.497 e. The molecule has 0 aromatic heterocycles. The monoisotopic (exact) mass is 439 g/mol. The average molecular weight is 440 g/mol. The minimum Gasteiger partial charge on any atom is -0.497 e. The van der Waals surface area contributed by atoms with Crippen molar-refractivity contribution in [3.05, 3.63) is 58.6 Å². The lowest BCUT2D eigenvalue weighted by molar-refractivity contribution is -0.134. The summed E-state index contributed by atoms with van der Waals surface area (Å²) in [4.78, 5) is 32.9. The summed E-state index contributed by atoms with van der Waals surface area (Å²) in [6.45, 7) is 1.86. The van der Waals surface area contributed by atoms with E-state index in [1.807, 2.05) is 37.3 Å². The molecule has 4 rings (SSSR count). The van der Waals surface area contributed by atoms with E-state index in [4.69, 9.17) is 21.3 Å². The third-order valence-corrected chi connectivity index (χ3v) is 6.30. The van der Waals surface area contributed by atoms with Crippen LogP contribution in [0.1, 0.15) is 43.2 Å². The van der Waals surface area contributed by atoms with E-state index >= 15 is 0 Å². The molecule has 0 atom stereocenters. The number of nitrogens with zero attached hydrogens (tertiary/aromatic N) is 2. The van der Waals surface area contributed by atoms with Gasteiger partial charge in [-0.1, -0.05) is 24.1 Å². The average Bonchev–Trinajstić information content (AvgIpc) is 3.03. The van der Waals surface area contributed by atoms with Crippen LogP contribution in [0.5, 0.6) is 5.75 Å². The number of hydrogen-bond acceptors (Lipinski definition) is 4. The quantitative estimate of drug-likeness (QED) is 0.740. The smallest absolute Gasteiger partial charge is 0.275 e. The van der Waals surface area contributed by atoms with Gasteiger partial charge in [-0.25, -0.2) is 0 Å². The van der Waals surface area contributed by atoms with Gasteiger partial charge in [-0.15, -0.1) is 0 Å². The molecule has 1 fully saturated rings. The zero-order chi connectivity index (χ0) is 22.0. The molecule has 1 heterocycles. The zero-order valence-electron chi connectivity index (χ0n) is 17.8. The van der Waals surface area contributed by atoms with Crippen molar-refractivity contribution in [2.45, 2.75) is 44.7 Å². The normalized spacial score (nSPS) is 17.6. The van der Waals surface area contributed by atoms with Crippen LogP contribution in [0.2, 0.25) is 5.02 Å². The van der Waals surface area contributed by atoms with Gasteiger partial charge in [0.1, 0.15) is 23.7 Å². The third kappa shape index (κ3) is 4.30. The zero-order valence-corrected chi connectivity index (χ0v) is 18.5. The number of halogens is 1. The highest BCUT2D eigenvalue weighted by molar-refractivity contribution is 6.47. The van der Waals surface area contributed by atoms with Crippen molar-refractivity contribution >= 4 is 34.8 Å². The van der Waals surface area contributed by atoms with Crippen LogP contribution in [0.3, 0.4) is 0 Å². The van der Waals surface area contributed by atoms with Crippen molar-refractivity contribution in [1.82, 2.24) is 4.90 Å². The molecule has 0 bridgehead atoms. The van der Waals surface area contributed by atoms with Crippen molar-refractivity contribution < 1.29 is 14.3 Å². The molecule has 1 saturated carbocycles. The number of aliphatic imine (C=N–C) groups is 1. The van der Waals surface area contributed by atoms with Gasteiger partial charge in [0.2, 0.25) is 5.91 Å². The number of rotatable bonds is 5. The Kier molecular flexibility index (Phi) is 6.01. The highest BCUT2D eigenvalue weighted by Crippen LogP contribution is 2.39. The first-order valence-corrected chi connectivity index (χ1v) is 10.9. The Bertz CT molecular complexity index is 1030. The third-order valence-electron chi connectivity index (χ3n) is 6.06. The number of hydrogen-bond donors (Lipinski definition) is 1. The summed E-state index contributed by atoms with van der Waals surface area (Å²) in [7, 11) is 1.60. The molecule has 6 nitrogen and oxygen atoms in total. The van der Waals surface area contributed by atoms with Crippen molar-refractivity contribution in [3.63, 3.8) is 0 Å². The Labute approximate surface area is 187 Å². The Morgan fingerprint density at radius 3 is 2.55 bits per heavy atom. The second kappa shape index (κ2) is 8.71. The molecule has 2 aliphatic rings. The maximum atomic E-state index is 13.4. The van der Waals surface area contributed by atoms with Crippen molar-refractivity contribution in [2.24, 2.45) is 4.99 Å². The molecule has 1 aliphatic carbocycles. The predicted molar refractivity (Wildman–Crippen MR) is 122 cm³/mol. The van der Waals surface area contributed by atoms with E-state index in [9.17, 15) is 9.59 Å². The van der Waals surface area contributed by atoms with Crippen LogP contribution in [0.25, 0.3) is 0 Å². The van der Waals surface area contributed by atoms with Crippen LogP contribution in [-0.2, 0) is 9.59 Å². The Hall–Kier alpha value is -2.86. The van der Waals surface area contributed by atoms with Crippen LogP contribution >= 0.6 is 11.6 Å². The van der Waals surface area contributed by atoms with E-state index in [0.717, 1.165) is 49.0 Å². The topological polar surface area (TPSA) is 71.0 Å². The SMILES string of the molecule is COc1ccc(C2=NC3(CCCCC3)N(CC(=O)Nc3cc(Cl)ccc3C)C2=O)cc1. The van der Waals surface area contributed by atoms with Crippen LogP contribution < -0.4 is 10.1 Å². The molecule has 31 heavy (non-hydrogen) atoms. The first kappa shape index (κ1) is 21.4. The number of aryl methyl sites for hydroxylation is 1. The van der Waals surface area contributed by atoms with Gasteiger partial charge in [-0.05, 0) is 74.6 Å². The van der Waals surface area contributed by atoms with Gasteiger partial charge in [-0.3, -0.25) is 14.6 Å². The summed E-state index contributed by atoms with van der Waals surface area (Å²) in [5.41, 5.74) is 2.07. The van der Waals surface area contributed by atoms with Gasteiger partial charge in [0.25, 0.3) is 5.91 Å². The summed E-state index contributed by atoms with van der Waals surface area (Å²) in [6.07, 6.45) is 4.62. The Balaban J connectivity index is 1.59. The molecule has 2 aromatic carbocycles. The van der Waals surface area contributed by atoms with E-state index in [1.54, 1.807) is 24.1 Å². The fourth-order valence-electron chi connectivity index (χ4n) is 4.35. The van der Waals surface area contributed by atoms with E-state index < -0.39 is 5.66 Å². The molecule has 2 amide bonds. The second-order valence-electron chi connectivity index (χ2n) is 8.13. The second-order valence-corrected chi connectivity index (χ2v) is 8.57. The summed E-state index contributed by atoms with van der Waals surface area (Å²) < 4.78 is 5.22. The maximum absolute atomic E-state index is 13.4. The number of carbonyl (C=O) groups excluding carboxylic acids is 2. The van der Waals surface area contributed by atoms with Crippen LogP contribution in [0.4, 0.5) is 5.69 Å². The lowest BCUT2D eigenvalue weighted by atomic mass is 9.88. The fourth-order valence-corrected chi connectivity index (χ4v) is 4.52. The summed E-state index contributed by atoms with van der Waals surface area (Å²) in [5, 5.41) is 3.45. The Morgan fingerprint density at radius 1 is 1.16 bits per heavy atom. The van der Waals surface area contributed by atoms with Gasteiger partial charge < -0.3 is 15.0 Å². The van der Waals surface area contributed by atoms with Crippen molar-refractivity contribution in [2.75, 3.05) is 19.0 Å². The van der Waals surface area contributed by atoms with E-state index in [2.05, 4.69) is 5.32 Å². The first-order valence-electron chi connectivity index (χ1n) is 10.5. The molecule has 1 N–H and O–H groups in total. The molecule has 162 valence electrons. The van der Waals surface area contributed by atoms with E-state index in [0.29, 0.717) is 16.4 Å². The van der Waals surface area contributed by atoms with Gasteiger partial charge in [0.15, 0.2) is 0 Å². The molecule has 0 saturated heterocycles. The van der Waals surface area contributed by atoms with Crippen LogP contribution in [0, 0.1) is 6.92 Å². The number of ether oxygens (including phenoxy) is 1. The molecule has 1 aliphatic heterocycles. The maximum Gasteiger partial charge on any atom is 0.275 e. The van der Waals surface area contributed by atoms with Crippen LogP contribution in [-0.4, -0.2) is 41.7 Å². The fraction of sp³-hybridized carbons (Fsp3) is 0.375. The molecule has 1 spiro atoms.